The van der Waals surface area contributed by atoms with Crippen LogP contribution >= 0.6 is 0 Å². The first-order valence-electron chi connectivity index (χ1n) is 8.96. The summed E-state index contributed by atoms with van der Waals surface area (Å²) in [7, 11) is 1.70. The van der Waals surface area contributed by atoms with E-state index in [1.54, 1.807) is 7.11 Å². The Labute approximate surface area is 143 Å². The molecule has 2 aromatic rings. The number of fused-ring (bicyclic) bond motifs is 1. The molecule has 2 aliphatic rings. The summed E-state index contributed by atoms with van der Waals surface area (Å²) in [5.41, 5.74) is 4.84. The van der Waals surface area contributed by atoms with E-state index < -0.39 is 0 Å². The molecule has 0 atom stereocenters. The van der Waals surface area contributed by atoms with Crippen molar-refractivity contribution in [2.45, 2.75) is 32.6 Å². The van der Waals surface area contributed by atoms with Crippen LogP contribution in [0.3, 0.4) is 0 Å². The molecule has 1 aromatic carbocycles. The molecule has 1 aliphatic heterocycles. The van der Waals surface area contributed by atoms with E-state index in [0.29, 0.717) is 0 Å². The molecule has 1 saturated carbocycles. The molecular weight excluding hydrogens is 298 g/mol. The van der Waals surface area contributed by atoms with E-state index in [2.05, 4.69) is 17.0 Å². The van der Waals surface area contributed by atoms with Crippen LogP contribution < -0.4 is 4.74 Å². The summed E-state index contributed by atoms with van der Waals surface area (Å²) in [6.45, 7) is 5.51. The van der Waals surface area contributed by atoms with Crippen molar-refractivity contribution >= 4 is 0 Å². The van der Waals surface area contributed by atoms with Crippen LogP contribution in [0.2, 0.25) is 0 Å². The Kier molecular flexibility index (Phi) is 4.23. The summed E-state index contributed by atoms with van der Waals surface area (Å²) >= 11 is 0. The van der Waals surface area contributed by atoms with Gasteiger partial charge in [0.25, 0.3) is 0 Å². The van der Waals surface area contributed by atoms with E-state index in [0.717, 1.165) is 54.7 Å². The highest BCUT2D eigenvalue weighted by molar-refractivity contribution is 5.65. The minimum absolute atomic E-state index is 0.871. The lowest BCUT2D eigenvalue weighted by Crippen LogP contribution is -2.28. The maximum atomic E-state index is 5.28. The summed E-state index contributed by atoms with van der Waals surface area (Å²) in [6, 6.07) is 8.23. The Hall–Kier alpha value is -1.94. The molecule has 0 spiro atoms. The number of hydrogen-bond acceptors (Lipinski definition) is 4. The average molecular weight is 323 g/mol. The Morgan fingerprint density at radius 1 is 1.08 bits per heavy atom. The van der Waals surface area contributed by atoms with Crippen molar-refractivity contribution in [3.63, 3.8) is 0 Å². The van der Waals surface area contributed by atoms with Crippen molar-refractivity contribution in [3.05, 3.63) is 41.3 Å². The fraction of sp³-hybridized carbons (Fsp3) is 0.500. The first-order chi connectivity index (χ1) is 11.7. The van der Waals surface area contributed by atoms with E-state index in [1.807, 2.05) is 19.1 Å². The molecule has 0 unspecified atom stereocenters. The molecule has 126 valence electrons. The summed E-state index contributed by atoms with van der Waals surface area (Å²) in [4.78, 5) is 12.2. The largest absolute Gasteiger partial charge is 0.497 e. The van der Waals surface area contributed by atoms with Crippen molar-refractivity contribution in [2.75, 3.05) is 26.7 Å². The van der Waals surface area contributed by atoms with E-state index in [1.165, 1.54) is 30.6 Å². The Bertz CT molecular complexity index is 722. The van der Waals surface area contributed by atoms with Crippen LogP contribution in [0.4, 0.5) is 0 Å². The topological polar surface area (TPSA) is 38.3 Å². The summed E-state index contributed by atoms with van der Waals surface area (Å²) in [5, 5.41) is 0. The molecule has 0 saturated heterocycles. The second-order valence-corrected chi connectivity index (χ2v) is 7.02. The smallest absolute Gasteiger partial charge is 0.126 e. The molecule has 4 nitrogen and oxygen atoms in total. The van der Waals surface area contributed by atoms with Crippen LogP contribution in [0.25, 0.3) is 11.3 Å². The lowest BCUT2D eigenvalue weighted by molar-refractivity contribution is 0.275. The highest BCUT2D eigenvalue weighted by Crippen LogP contribution is 2.32. The van der Waals surface area contributed by atoms with Gasteiger partial charge in [-0.3, -0.25) is 0 Å². The average Bonchev–Trinajstić information content (AvgIpc) is 3.43. The van der Waals surface area contributed by atoms with Crippen molar-refractivity contribution in [1.29, 1.82) is 0 Å². The van der Waals surface area contributed by atoms with Crippen molar-refractivity contribution in [2.24, 2.45) is 5.92 Å². The maximum Gasteiger partial charge on any atom is 0.126 e. The highest BCUT2D eigenvalue weighted by Gasteiger charge is 2.26. The van der Waals surface area contributed by atoms with Gasteiger partial charge in [-0.1, -0.05) is 0 Å². The second kappa shape index (κ2) is 6.52. The van der Waals surface area contributed by atoms with E-state index in [-0.39, 0.29) is 0 Å². The second-order valence-electron chi connectivity index (χ2n) is 7.02. The number of hydrogen-bond donors (Lipinski definition) is 0. The van der Waals surface area contributed by atoms with Gasteiger partial charge in [0, 0.05) is 42.9 Å². The van der Waals surface area contributed by atoms with E-state index in [9.17, 15) is 0 Å². The highest BCUT2D eigenvalue weighted by atomic mass is 16.5. The zero-order valence-electron chi connectivity index (χ0n) is 14.6. The SMILES string of the molecule is COc1ccc(-c2nc(C)nc3c2CCN(CC2CC2)CC3)cc1. The van der Waals surface area contributed by atoms with Gasteiger partial charge in [0.15, 0.2) is 0 Å². The number of methoxy groups -OCH3 is 1. The fourth-order valence-electron chi connectivity index (χ4n) is 3.60. The molecule has 0 bridgehead atoms. The van der Waals surface area contributed by atoms with Crippen molar-refractivity contribution in [1.82, 2.24) is 14.9 Å². The third-order valence-electron chi connectivity index (χ3n) is 5.12. The summed E-state index contributed by atoms with van der Waals surface area (Å²) < 4.78 is 5.28. The third-order valence-corrected chi connectivity index (χ3v) is 5.12. The van der Waals surface area contributed by atoms with Gasteiger partial charge in [-0.15, -0.1) is 0 Å². The Balaban J connectivity index is 1.64. The molecule has 4 rings (SSSR count). The number of aromatic nitrogens is 2. The molecule has 2 heterocycles. The van der Waals surface area contributed by atoms with Gasteiger partial charge in [0.05, 0.1) is 12.8 Å². The molecule has 0 amide bonds. The lowest BCUT2D eigenvalue weighted by Gasteiger charge is -2.18. The monoisotopic (exact) mass is 323 g/mol. The van der Waals surface area contributed by atoms with Crippen LogP contribution in [-0.2, 0) is 12.8 Å². The lowest BCUT2D eigenvalue weighted by atomic mass is 10.0. The summed E-state index contributed by atoms with van der Waals surface area (Å²) in [5.74, 6) is 2.70. The fourth-order valence-corrected chi connectivity index (χ4v) is 3.60. The third kappa shape index (κ3) is 3.29. The molecule has 1 aromatic heterocycles. The van der Waals surface area contributed by atoms with E-state index in [4.69, 9.17) is 14.7 Å². The number of rotatable bonds is 4. The van der Waals surface area contributed by atoms with Gasteiger partial charge in [0.2, 0.25) is 0 Å². The van der Waals surface area contributed by atoms with Crippen LogP contribution in [0.1, 0.15) is 29.9 Å². The van der Waals surface area contributed by atoms with Gasteiger partial charge >= 0.3 is 0 Å². The Morgan fingerprint density at radius 3 is 2.54 bits per heavy atom. The van der Waals surface area contributed by atoms with Gasteiger partial charge in [0.1, 0.15) is 11.6 Å². The quantitative estimate of drug-likeness (QED) is 0.865. The minimum Gasteiger partial charge on any atom is -0.497 e. The normalized spacial score (nSPS) is 18.1. The predicted octanol–water partition coefficient (Wildman–Crippen LogP) is 3.27. The van der Waals surface area contributed by atoms with Crippen LogP contribution in [0.15, 0.2) is 24.3 Å². The molecular formula is C20H25N3O. The number of nitrogens with zero attached hydrogens (tertiary/aromatic N) is 3. The van der Waals surface area contributed by atoms with Gasteiger partial charge < -0.3 is 9.64 Å². The van der Waals surface area contributed by atoms with Crippen molar-refractivity contribution in [3.8, 4) is 17.0 Å². The number of ether oxygens (including phenoxy) is 1. The first-order valence-corrected chi connectivity index (χ1v) is 8.96. The number of benzene rings is 1. The van der Waals surface area contributed by atoms with Crippen LogP contribution in [0, 0.1) is 12.8 Å². The summed E-state index contributed by atoms with van der Waals surface area (Å²) in [6.07, 6.45) is 4.91. The maximum absolute atomic E-state index is 5.28. The molecule has 0 radical (unpaired) electrons. The zero-order chi connectivity index (χ0) is 16.5. The molecule has 0 N–H and O–H groups in total. The van der Waals surface area contributed by atoms with Gasteiger partial charge in [-0.25, -0.2) is 9.97 Å². The van der Waals surface area contributed by atoms with E-state index >= 15 is 0 Å². The van der Waals surface area contributed by atoms with Crippen LogP contribution in [0.5, 0.6) is 5.75 Å². The van der Waals surface area contributed by atoms with Crippen LogP contribution in [-0.4, -0.2) is 41.6 Å². The number of aryl methyl sites for hydroxylation is 1. The van der Waals surface area contributed by atoms with Gasteiger partial charge in [-0.2, -0.15) is 0 Å². The zero-order valence-corrected chi connectivity index (χ0v) is 14.6. The Morgan fingerprint density at radius 2 is 1.83 bits per heavy atom. The first kappa shape index (κ1) is 15.6. The predicted molar refractivity (Wildman–Crippen MR) is 95.3 cm³/mol. The molecule has 4 heteroatoms. The standard InChI is InChI=1S/C20H25N3O/c1-14-21-19-10-12-23(13-15-3-4-15)11-9-18(19)20(22-14)16-5-7-17(24-2)8-6-16/h5-8,15H,3-4,9-13H2,1-2H3. The van der Waals surface area contributed by atoms with Crippen molar-refractivity contribution < 1.29 is 4.74 Å². The molecule has 1 aliphatic carbocycles. The minimum atomic E-state index is 0.871. The molecule has 1 fully saturated rings. The molecule has 24 heavy (non-hydrogen) atoms. The van der Waals surface area contributed by atoms with Gasteiger partial charge in [-0.05, 0) is 56.4 Å².